The van der Waals surface area contributed by atoms with E-state index in [1.54, 1.807) is 5.57 Å². The SMILES string of the molecule is C/C=C(\Cn1nnpc1C)[C@H]1CC[C@H]2[C@@H]3CC[C@@H]4C[C@](C)(CCC)CC[C@]4(C)C3=CC[C@]12C. The van der Waals surface area contributed by atoms with Gasteiger partial charge in [0.1, 0.15) is 0 Å². The third kappa shape index (κ3) is 3.80. The predicted octanol–water partition coefficient (Wildman–Crippen LogP) is 8.50. The summed E-state index contributed by atoms with van der Waals surface area (Å²) in [6.45, 7) is 15.6. The topological polar surface area (TPSA) is 30.7 Å². The van der Waals surface area contributed by atoms with E-state index in [1.807, 2.05) is 5.57 Å². The molecule has 7 atom stereocenters. The maximum atomic E-state index is 4.40. The molecule has 5 rings (SSSR count). The van der Waals surface area contributed by atoms with Crippen molar-refractivity contribution in [1.29, 1.82) is 0 Å². The van der Waals surface area contributed by atoms with Crippen LogP contribution in [0.1, 0.15) is 104 Å². The maximum Gasteiger partial charge on any atom is 0.0882 e. The number of aromatic nitrogens is 3. The van der Waals surface area contributed by atoms with Crippen LogP contribution in [0.5, 0.6) is 0 Å². The zero-order chi connectivity index (χ0) is 23.4. The molecule has 33 heavy (non-hydrogen) atoms. The Morgan fingerprint density at radius 3 is 2.70 bits per heavy atom. The number of hydrogen-bond donors (Lipinski definition) is 0. The first-order chi connectivity index (χ1) is 15.7. The molecule has 0 unspecified atom stereocenters. The summed E-state index contributed by atoms with van der Waals surface area (Å²) in [7, 11) is 1.02. The Labute approximate surface area is 204 Å². The van der Waals surface area contributed by atoms with Crippen molar-refractivity contribution < 1.29 is 0 Å². The minimum absolute atomic E-state index is 0.410. The molecule has 3 fully saturated rings. The molecule has 182 valence electrons. The average Bonchev–Trinajstić information content (AvgIpc) is 3.35. The number of aryl methyl sites for hydroxylation is 1. The first-order valence-corrected chi connectivity index (χ1v) is 14.7. The van der Waals surface area contributed by atoms with Crippen LogP contribution in [0, 0.1) is 46.8 Å². The summed E-state index contributed by atoms with van der Waals surface area (Å²) >= 11 is 0. The molecule has 3 saturated carbocycles. The summed E-state index contributed by atoms with van der Waals surface area (Å²) < 4.78 is 2.14. The molecular weight excluding hydrogens is 421 g/mol. The van der Waals surface area contributed by atoms with Crippen molar-refractivity contribution in [3.05, 3.63) is 28.7 Å². The third-order valence-electron chi connectivity index (χ3n) is 11.1. The van der Waals surface area contributed by atoms with Crippen molar-refractivity contribution in [3.8, 4) is 0 Å². The summed E-state index contributed by atoms with van der Waals surface area (Å²) in [5.41, 5.74) is 6.24. The van der Waals surface area contributed by atoms with Crippen molar-refractivity contribution in [2.45, 2.75) is 112 Å². The molecule has 0 aromatic carbocycles. The minimum atomic E-state index is 0.410. The van der Waals surface area contributed by atoms with Gasteiger partial charge in [0.2, 0.25) is 0 Å². The van der Waals surface area contributed by atoms with E-state index < -0.39 is 0 Å². The van der Waals surface area contributed by atoms with Crippen LogP contribution < -0.4 is 0 Å². The molecule has 0 spiro atoms. The zero-order valence-electron chi connectivity index (χ0n) is 22.0. The highest BCUT2D eigenvalue weighted by atomic mass is 31.0. The summed E-state index contributed by atoms with van der Waals surface area (Å²) in [6, 6.07) is 0. The average molecular weight is 468 g/mol. The van der Waals surface area contributed by atoms with Crippen molar-refractivity contribution in [2.24, 2.45) is 39.9 Å². The van der Waals surface area contributed by atoms with Gasteiger partial charge in [-0.2, -0.15) is 0 Å². The molecule has 0 amide bonds. The Morgan fingerprint density at radius 1 is 1.18 bits per heavy atom. The highest BCUT2D eigenvalue weighted by Crippen LogP contribution is 2.67. The van der Waals surface area contributed by atoms with Crippen LogP contribution in [-0.4, -0.2) is 14.8 Å². The van der Waals surface area contributed by atoms with E-state index in [1.165, 1.54) is 69.6 Å². The van der Waals surface area contributed by atoms with Gasteiger partial charge in [0.05, 0.1) is 20.3 Å². The molecule has 1 aromatic rings. The molecule has 0 aliphatic heterocycles. The number of fused-ring (bicyclic) bond motifs is 5. The highest BCUT2D eigenvalue weighted by Gasteiger charge is 2.58. The van der Waals surface area contributed by atoms with E-state index in [9.17, 15) is 0 Å². The first kappa shape index (κ1) is 23.8. The molecular formula is C29H46N3P. The van der Waals surface area contributed by atoms with E-state index in [0.717, 1.165) is 32.6 Å². The molecule has 4 aliphatic carbocycles. The van der Waals surface area contributed by atoms with Crippen molar-refractivity contribution in [2.75, 3.05) is 0 Å². The first-order valence-electron chi connectivity index (χ1n) is 13.8. The van der Waals surface area contributed by atoms with Crippen molar-refractivity contribution in [1.82, 2.24) is 14.8 Å². The third-order valence-corrected chi connectivity index (χ3v) is 11.8. The number of rotatable bonds is 5. The number of allylic oxidation sites excluding steroid dienone is 4. The fourth-order valence-corrected chi connectivity index (χ4v) is 9.69. The molecule has 4 aliphatic rings. The van der Waals surface area contributed by atoms with E-state index in [2.05, 4.69) is 68.5 Å². The van der Waals surface area contributed by atoms with Gasteiger partial charge >= 0.3 is 0 Å². The van der Waals surface area contributed by atoms with Crippen LogP contribution in [0.3, 0.4) is 0 Å². The second-order valence-corrected chi connectivity index (χ2v) is 13.9. The van der Waals surface area contributed by atoms with Gasteiger partial charge in [-0.25, -0.2) is 4.68 Å². The van der Waals surface area contributed by atoms with Gasteiger partial charge in [-0.15, -0.1) is 4.86 Å². The molecule has 0 radical (unpaired) electrons. The molecule has 1 aromatic heterocycles. The van der Waals surface area contributed by atoms with Crippen LogP contribution >= 0.6 is 8.35 Å². The van der Waals surface area contributed by atoms with Crippen molar-refractivity contribution in [3.63, 3.8) is 0 Å². The normalized spacial score (nSPS) is 43.2. The quantitative estimate of drug-likeness (QED) is 0.406. The van der Waals surface area contributed by atoms with Gasteiger partial charge in [-0.1, -0.05) is 57.1 Å². The van der Waals surface area contributed by atoms with Crippen LogP contribution in [-0.2, 0) is 6.54 Å². The lowest BCUT2D eigenvalue weighted by Gasteiger charge is -2.59. The Morgan fingerprint density at radius 2 is 2.00 bits per heavy atom. The predicted molar refractivity (Wildman–Crippen MR) is 139 cm³/mol. The van der Waals surface area contributed by atoms with Crippen molar-refractivity contribution >= 4 is 8.35 Å². The summed E-state index contributed by atoms with van der Waals surface area (Å²) in [4.78, 5) is 4.23. The Balaban J connectivity index is 1.40. The van der Waals surface area contributed by atoms with Crippen LogP contribution in [0.15, 0.2) is 23.3 Å². The molecule has 0 bridgehead atoms. The largest absolute Gasteiger partial charge is 0.241 e. The lowest BCUT2D eigenvalue weighted by atomic mass is 9.46. The Bertz CT molecular complexity index is 946. The van der Waals surface area contributed by atoms with Crippen LogP contribution in [0.4, 0.5) is 0 Å². The van der Waals surface area contributed by atoms with Gasteiger partial charge in [0, 0.05) is 0 Å². The van der Waals surface area contributed by atoms with Crippen LogP contribution in [0.25, 0.3) is 0 Å². The fraction of sp³-hybridized carbons (Fsp3) is 0.828. The summed E-state index contributed by atoms with van der Waals surface area (Å²) in [5, 5.41) is 4.40. The Hall–Kier alpha value is -0.950. The van der Waals surface area contributed by atoms with Gasteiger partial charge < -0.3 is 0 Å². The van der Waals surface area contributed by atoms with Gasteiger partial charge in [-0.05, 0) is 117 Å². The fourth-order valence-electron chi connectivity index (χ4n) is 9.21. The van der Waals surface area contributed by atoms with Crippen LogP contribution in [0.2, 0.25) is 0 Å². The molecule has 4 heteroatoms. The number of nitrogens with zero attached hydrogens (tertiary/aromatic N) is 3. The molecule has 0 N–H and O–H groups in total. The molecule has 1 heterocycles. The minimum Gasteiger partial charge on any atom is -0.241 e. The van der Waals surface area contributed by atoms with Gasteiger partial charge in [0.15, 0.2) is 0 Å². The van der Waals surface area contributed by atoms with E-state index >= 15 is 0 Å². The second kappa shape index (κ2) is 8.61. The lowest BCUT2D eigenvalue weighted by Crippen LogP contribution is -2.49. The lowest BCUT2D eigenvalue weighted by molar-refractivity contribution is -0.00922. The maximum absolute atomic E-state index is 4.40. The zero-order valence-corrected chi connectivity index (χ0v) is 22.9. The number of hydrogen-bond acceptors (Lipinski definition) is 2. The van der Waals surface area contributed by atoms with E-state index in [-0.39, 0.29) is 0 Å². The highest BCUT2D eigenvalue weighted by molar-refractivity contribution is 7.25. The second-order valence-electron chi connectivity index (χ2n) is 12.9. The Kier molecular flexibility index (Phi) is 6.21. The van der Waals surface area contributed by atoms with E-state index in [4.69, 9.17) is 0 Å². The monoisotopic (exact) mass is 467 g/mol. The molecule has 0 saturated heterocycles. The standard InChI is InChI=1S/C29H46N3P/c1-7-14-27(4)16-17-28(5)22(18-27)9-10-23-25-12-11-24(29(25,6)15-13-26(23)28)21(8-2)19-32-20(3)33-31-30-32/h8,13,22-25H,7,9-12,14-19H2,1-6H3/b21-8+/t22-,23+,24-,25+,27-,28+,29-/m1/s1. The van der Waals surface area contributed by atoms with E-state index in [0.29, 0.717) is 22.2 Å². The van der Waals surface area contributed by atoms with Gasteiger partial charge in [-0.3, -0.25) is 0 Å². The summed E-state index contributed by atoms with van der Waals surface area (Å²) in [5.74, 6) is 3.30. The smallest absolute Gasteiger partial charge is 0.0882 e. The summed E-state index contributed by atoms with van der Waals surface area (Å²) in [6.07, 6.45) is 19.2. The molecule has 3 nitrogen and oxygen atoms in total. The van der Waals surface area contributed by atoms with Gasteiger partial charge in [0.25, 0.3) is 0 Å².